The Morgan fingerprint density at radius 1 is 1.20 bits per heavy atom. The number of ketones is 2. The number of hydrogen-bond donors (Lipinski definition) is 2. The van der Waals surface area contributed by atoms with Gasteiger partial charge in [0.2, 0.25) is 0 Å². The summed E-state index contributed by atoms with van der Waals surface area (Å²) >= 11 is 0. The highest BCUT2D eigenvalue weighted by Gasteiger charge is 2.38. The third-order valence-corrected chi connectivity index (χ3v) is 4.53. The highest BCUT2D eigenvalue weighted by molar-refractivity contribution is 6.09. The molecule has 0 saturated heterocycles. The van der Waals surface area contributed by atoms with Crippen LogP contribution in [0.2, 0.25) is 0 Å². The smallest absolute Gasteiger partial charge is 0.303 e. The molecule has 1 saturated carbocycles. The molecule has 3 atom stereocenters. The maximum Gasteiger partial charge on any atom is 0.303 e. The first-order valence-corrected chi connectivity index (χ1v) is 9.24. The fraction of sp³-hybridized carbons (Fsp3) is 0.650. The Bertz CT molecular complexity index is 506. The first kappa shape index (κ1) is 21.3. The van der Waals surface area contributed by atoms with Crippen molar-refractivity contribution >= 4 is 17.5 Å². The van der Waals surface area contributed by atoms with Crippen LogP contribution in [-0.4, -0.2) is 33.9 Å². The molecule has 2 N–H and O–H groups in total. The van der Waals surface area contributed by atoms with E-state index in [1.54, 1.807) is 12.2 Å². The van der Waals surface area contributed by atoms with Gasteiger partial charge in [-0.3, -0.25) is 14.4 Å². The predicted octanol–water partition coefficient (Wildman–Crippen LogP) is 3.46. The fourth-order valence-corrected chi connectivity index (χ4v) is 3.04. The summed E-state index contributed by atoms with van der Waals surface area (Å²) in [5.41, 5.74) is 0. The number of carboxylic acid groups (broad SMARTS) is 1. The summed E-state index contributed by atoms with van der Waals surface area (Å²) in [5.74, 6) is -1.74. The molecule has 0 amide bonds. The summed E-state index contributed by atoms with van der Waals surface area (Å²) in [6, 6.07) is 0. The van der Waals surface area contributed by atoms with E-state index >= 15 is 0 Å². The number of aliphatic carboxylic acids is 1. The van der Waals surface area contributed by atoms with Crippen molar-refractivity contribution in [2.75, 3.05) is 0 Å². The van der Waals surface area contributed by atoms with Gasteiger partial charge in [-0.25, -0.2) is 0 Å². The normalized spacial score (nSPS) is 22.3. The lowest BCUT2D eigenvalue weighted by Crippen LogP contribution is -2.16. The molecule has 5 nitrogen and oxygen atoms in total. The number of carboxylic acids is 1. The molecule has 0 heterocycles. The van der Waals surface area contributed by atoms with Gasteiger partial charge in [0.05, 0.1) is 12.5 Å². The van der Waals surface area contributed by atoms with Crippen LogP contribution in [0.5, 0.6) is 0 Å². The molecule has 0 aromatic carbocycles. The Balaban J connectivity index is 2.49. The molecule has 0 unspecified atom stereocenters. The molecule has 1 aliphatic carbocycles. The monoisotopic (exact) mass is 350 g/mol. The average molecular weight is 350 g/mol. The number of rotatable bonds is 12. The molecule has 5 heteroatoms. The number of carbonyl (C=O) groups excluding carboxylic acids is 2. The summed E-state index contributed by atoms with van der Waals surface area (Å²) in [4.78, 5) is 34.5. The number of Topliss-reactive ketones (excluding diaryl/α,β-unsaturated/α-hetero) is 2. The van der Waals surface area contributed by atoms with Gasteiger partial charge in [0.25, 0.3) is 0 Å². The first-order chi connectivity index (χ1) is 12.0. The Kier molecular flexibility index (Phi) is 10.0. The van der Waals surface area contributed by atoms with Crippen molar-refractivity contribution in [2.24, 2.45) is 11.8 Å². The van der Waals surface area contributed by atoms with Gasteiger partial charge in [0, 0.05) is 18.3 Å². The van der Waals surface area contributed by atoms with Crippen LogP contribution in [0.4, 0.5) is 0 Å². The molecule has 140 valence electrons. The standard InChI is InChI=1S/C20H30O5/c1-2-3-6-9-15(21)12-13-17-16(18(22)14-19(17)23)10-7-4-5-8-11-20(24)25/h4,7,12-13,15-17,21H,2-3,5-6,8-11,14H2,1H3,(H,24,25)/t15-,16-,17-/m1/s1. The minimum absolute atomic E-state index is 0.0293. The summed E-state index contributed by atoms with van der Waals surface area (Å²) in [7, 11) is 0. The zero-order chi connectivity index (χ0) is 18.7. The van der Waals surface area contributed by atoms with Gasteiger partial charge in [-0.2, -0.15) is 0 Å². The van der Waals surface area contributed by atoms with E-state index < -0.39 is 18.0 Å². The van der Waals surface area contributed by atoms with Crippen LogP contribution < -0.4 is 0 Å². The van der Waals surface area contributed by atoms with E-state index in [0.29, 0.717) is 25.7 Å². The van der Waals surface area contributed by atoms with Crippen LogP contribution in [0.15, 0.2) is 24.3 Å². The lowest BCUT2D eigenvalue weighted by Gasteiger charge is -2.12. The average Bonchev–Trinajstić information content (AvgIpc) is 2.82. The molecular formula is C20H30O5. The zero-order valence-electron chi connectivity index (χ0n) is 15.0. The second-order valence-corrected chi connectivity index (χ2v) is 6.68. The number of unbranched alkanes of at least 4 members (excludes halogenated alkanes) is 3. The highest BCUT2D eigenvalue weighted by atomic mass is 16.4. The molecule has 0 bridgehead atoms. The molecule has 0 spiro atoms. The van der Waals surface area contributed by atoms with Gasteiger partial charge in [0.1, 0.15) is 11.6 Å². The van der Waals surface area contributed by atoms with E-state index in [2.05, 4.69) is 6.92 Å². The largest absolute Gasteiger partial charge is 0.481 e. The Morgan fingerprint density at radius 2 is 1.96 bits per heavy atom. The van der Waals surface area contributed by atoms with Gasteiger partial charge in [-0.1, -0.05) is 50.5 Å². The minimum Gasteiger partial charge on any atom is -0.481 e. The molecule has 1 fully saturated rings. The quantitative estimate of drug-likeness (QED) is 0.319. The Labute approximate surface area is 149 Å². The van der Waals surface area contributed by atoms with E-state index in [4.69, 9.17) is 5.11 Å². The highest BCUT2D eigenvalue weighted by Crippen LogP contribution is 2.30. The molecule has 25 heavy (non-hydrogen) atoms. The number of aliphatic hydroxyl groups excluding tert-OH is 1. The summed E-state index contributed by atoms with van der Waals surface area (Å²) in [6.07, 6.45) is 12.1. The Morgan fingerprint density at radius 3 is 2.64 bits per heavy atom. The van der Waals surface area contributed by atoms with Gasteiger partial charge < -0.3 is 10.2 Å². The number of allylic oxidation sites excluding steroid dienone is 3. The maximum atomic E-state index is 12.0. The van der Waals surface area contributed by atoms with Crippen molar-refractivity contribution in [3.05, 3.63) is 24.3 Å². The Hall–Kier alpha value is -1.75. The molecule has 0 aliphatic heterocycles. The predicted molar refractivity (Wildman–Crippen MR) is 96.1 cm³/mol. The van der Waals surface area contributed by atoms with Crippen molar-refractivity contribution in [1.29, 1.82) is 0 Å². The van der Waals surface area contributed by atoms with E-state index in [1.165, 1.54) is 0 Å². The summed E-state index contributed by atoms with van der Waals surface area (Å²) < 4.78 is 0. The number of aliphatic hydroxyl groups is 1. The summed E-state index contributed by atoms with van der Waals surface area (Å²) in [5, 5.41) is 18.5. The third-order valence-electron chi connectivity index (χ3n) is 4.53. The summed E-state index contributed by atoms with van der Waals surface area (Å²) in [6.45, 7) is 2.10. The fourth-order valence-electron chi connectivity index (χ4n) is 3.04. The molecule has 0 radical (unpaired) electrons. The molecule has 1 aliphatic rings. The van der Waals surface area contributed by atoms with Gasteiger partial charge in [-0.15, -0.1) is 0 Å². The third kappa shape index (κ3) is 8.25. The van der Waals surface area contributed by atoms with Crippen LogP contribution in [0, 0.1) is 11.8 Å². The van der Waals surface area contributed by atoms with Crippen molar-refractivity contribution in [3.8, 4) is 0 Å². The lowest BCUT2D eigenvalue weighted by molar-refractivity contribution is -0.137. The van der Waals surface area contributed by atoms with E-state index in [0.717, 1.165) is 19.3 Å². The second kappa shape index (κ2) is 11.7. The lowest BCUT2D eigenvalue weighted by atomic mass is 9.90. The van der Waals surface area contributed by atoms with Gasteiger partial charge in [-0.05, 0) is 25.7 Å². The number of carbonyl (C=O) groups is 3. The molecule has 1 rings (SSSR count). The molecule has 0 aromatic heterocycles. The van der Waals surface area contributed by atoms with Crippen LogP contribution in [0.3, 0.4) is 0 Å². The zero-order valence-corrected chi connectivity index (χ0v) is 15.0. The minimum atomic E-state index is -0.812. The van der Waals surface area contributed by atoms with Crippen molar-refractivity contribution in [3.63, 3.8) is 0 Å². The second-order valence-electron chi connectivity index (χ2n) is 6.68. The maximum absolute atomic E-state index is 12.0. The van der Waals surface area contributed by atoms with Crippen molar-refractivity contribution in [1.82, 2.24) is 0 Å². The number of hydrogen-bond acceptors (Lipinski definition) is 4. The molecular weight excluding hydrogens is 320 g/mol. The molecule has 0 aromatic rings. The van der Waals surface area contributed by atoms with Crippen molar-refractivity contribution < 1.29 is 24.6 Å². The van der Waals surface area contributed by atoms with E-state index in [-0.39, 0.29) is 30.3 Å². The first-order valence-electron chi connectivity index (χ1n) is 9.24. The van der Waals surface area contributed by atoms with Gasteiger partial charge in [0.15, 0.2) is 0 Å². The van der Waals surface area contributed by atoms with Crippen LogP contribution in [-0.2, 0) is 14.4 Å². The van der Waals surface area contributed by atoms with Crippen LogP contribution >= 0.6 is 0 Å². The van der Waals surface area contributed by atoms with Crippen LogP contribution in [0.1, 0.15) is 64.7 Å². The topological polar surface area (TPSA) is 91.7 Å². The van der Waals surface area contributed by atoms with E-state index in [1.807, 2.05) is 12.2 Å². The van der Waals surface area contributed by atoms with Crippen molar-refractivity contribution in [2.45, 2.75) is 70.8 Å². The SMILES string of the molecule is CCCCC[C@@H](O)C=C[C@H]1C(=O)CC(=O)[C@@H]1CC=CCCCC(=O)O. The van der Waals surface area contributed by atoms with Crippen LogP contribution in [0.25, 0.3) is 0 Å². The van der Waals surface area contributed by atoms with Gasteiger partial charge >= 0.3 is 5.97 Å². The van der Waals surface area contributed by atoms with E-state index in [9.17, 15) is 19.5 Å².